The first-order chi connectivity index (χ1) is 8.20. The fraction of sp³-hybridized carbons (Fsp3) is 0.533. The number of hydrogen-bond donors (Lipinski definition) is 0. The van der Waals surface area contributed by atoms with Gasteiger partial charge in [0.1, 0.15) is 5.78 Å². The van der Waals surface area contributed by atoms with Gasteiger partial charge in [-0.2, -0.15) is 0 Å². The molecular weight excluding hydrogens is 210 g/mol. The fourth-order valence-electron chi connectivity index (χ4n) is 2.28. The highest BCUT2D eigenvalue weighted by Crippen LogP contribution is 2.25. The van der Waals surface area contributed by atoms with E-state index >= 15 is 0 Å². The molecule has 1 unspecified atom stereocenters. The monoisotopic (exact) mass is 231 g/mol. The van der Waals surface area contributed by atoms with E-state index in [1.807, 2.05) is 0 Å². The molecule has 17 heavy (non-hydrogen) atoms. The van der Waals surface area contributed by atoms with Crippen molar-refractivity contribution in [2.75, 3.05) is 18.0 Å². The molecule has 1 atom stereocenters. The molecule has 0 N–H and O–H groups in total. The molecule has 1 aromatic rings. The first-order valence-corrected chi connectivity index (χ1v) is 6.57. The number of carbonyl (C=O) groups is 1. The van der Waals surface area contributed by atoms with Crippen LogP contribution < -0.4 is 4.90 Å². The van der Waals surface area contributed by atoms with Gasteiger partial charge in [0, 0.05) is 31.6 Å². The van der Waals surface area contributed by atoms with Gasteiger partial charge in [-0.1, -0.05) is 26.0 Å². The summed E-state index contributed by atoms with van der Waals surface area (Å²) in [6.45, 7) is 6.24. The Hall–Kier alpha value is -1.31. The Morgan fingerprint density at radius 3 is 2.65 bits per heavy atom. The molecule has 1 saturated heterocycles. The summed E-state index contributed by atoms with van der Waals surface area (Å²) < 4.78 is 0. The fourth-order valence-corrected chi connectivity index (χ4v) is 2.28. The van der Waals surface area contributed by atoms with E-state index in [2.05, 4.69) is 43.0 Å². The molecule has 0 aliphatic carbocycles. The number of piperidine rings is 1. The van der Waals surface area contributed by atoms with Crippen LogP contribution in [0.15, 0.2) is 24.3 Å². The molecule has 2 nitrogen and oxygen atoms in total. The number of ketones is 1. The second kappa shape index (κ2) is 5.35. The van der Waals surface area contributed by atoms with Gasteiger partial charge in [-0.3, -0.25) is 4.79 Å². The van der Waals surface area contributed by atoms with Gasteiger partial charge in [0.15, 0.2) is 0 Å². The zero-order chi connectivity index (χ0) is 12.3. The van der Waals surface area contributed by atoms with Crippen molar-refractivity contribution in [3.8, 4) is 0 Å². The van der Waals surface area contributed by atoms with Gasteiger partial charge in [0.05, 0.1) is 0 Å². The first kappa shape index (κ1) is 12.2. The summed E-state index contributed by atoms with van der Waals surface area (Å²) in [6.07, 6.45) is 2.57. The lowest BCUT2D eigenvalue weighted by atomic mass is 9.97. The van der Waals surface area contributed by atoms with E-state index in [1.165, 1.54) is 17.7 Å². The summed E-state index contributed by atoms with van der Waals surface area (Å²) in [4.78, 5) is 13.6. The van der Waals surface area contributed by atoms with Crippen molar-refractivity contribution in [2.24, 2.45) is 0 Å². The maximum absolute atomic E-state index is 11.2. The van der Waals surface area contributed by atoms with Crippen LogP contribution in [0.3, 0.4) is 0 Å². The molecule has 1 aliphatic heterocycles. The number of benzene rings is 1. The molecule has 0 radical (unpaired) electrons. The number of nitrogens with zero attached hydrogens (tertiary/aromatic N) is 1. The van der Waals surface area contributed by atoms with Gasteiger partial charge in [0.2, 0.25) is 0 Å². The average molecular weight is 231 g/mol. The minimum Gasteiger partial charge on any atom is -0.371 e. The van der Waals surface area contributed by atoms with Crippen LogP contribution >= 0.6 is 0 Å². The van der Waals surface area contributed by atoms with E-state index in [0.717, 1.165) is 13.1 Å². The smallest absolute Gasteiger partial charge is 0.136 e. The van der Waals surface area contributed by atoms with Crippen LogP contribution in [0.2, 0.25) is 0 Å². The van der Waals surface area contributed by atoms with E-state index in [1.54, 1.807) is 0 Å². The maximum Gasteiger partial charge on any atom is 0.136 e. The minimum atomic E-state index is 0.402. The van der Waals surface area contributed by atoms with Gasteiger partial charge in [0.25, 0.3) is 0 Å². The molecule has 2 heteroatoms. The number of carbonyl (C=O) groups excluding carboxylic acids is 1. The van der Waals surface area contributed by atoms with Gasteiger partial charge in [-0.15, -0.1) is 0 Å². The van der Waals surface area contributed by atoms with Crippen molar-refractivity contribution in [1.29, 1.82) is 0 Å². The van der Waals surface area contributed by atoms with Crippen molar-refractivity contribution in [3.63, 3.8) is 0 Å². The van der Waals surface area contributed by atoms with Crippen LogP contribution in [-0.4, -0.2) is 18.9 Å². The van der Waals surface area contributed by atoms with Crippen LogP contribution in [0.25, 0.3) is 0 Å². The molecule has 2 rings (SSSR count). The van der Waals surface area contributed by atoms with Crippen molar-refractivity contribution in [2.45, 2.75) is 39.0 Å². The Bertz CT molecular complexity index is 390. The molecule has 0 spiro atoms. The normalized spacial score (nSPS) is 18.2. The highest BCUT2D eigenvalue weighted by atomic mass is 16.1. The zero-order valence-electron chi connectivity index (χ0n) is 10.8. The van der Waals surface area contributed by atoms with E-state index in [9.17, 15) is 4.79 Å². The van der Waals surface area contributed by atoms with Gasteiger partial charge in [-0.25, -0.2) is 0 Å². The zero-order valence-corrected chi connectivity index (χ0v) is 10.8. The van der Waals surface area contributed by atoms with Crippen LogP contribution in [0.4, 0.5) is 5.69 Å². The Labute approximate surface area is 104 Å². The van der Waals surface area contributed by atoms with Crippen LogP contribution in [-0.2, 0) is 4.79 Å². The summed E-state index contributed by atoms with van der Waals surface area (Å²) in [5, 5.41) is 0. The van der Waals surface area contributed by atoms with Crippen LogP contribution in [0.1, 0.15) is 44.6 Å². The SMILES string of the molecule is CCC(C)c1cccc(N2CCC(=O)CC2)c1. The van der Waals surface area contributed by atoms with E-state index in [-0.39, 0.29) is 0 Å². The highest BCUT2D eigenvalue weighted by Gasteiger charge is 2.16. The lowest BCUT2D eigenvalue weighted by molar-refractivity contribution is -0.119. The lowest BCUT2D eigenvalue weighted by Gasteiger charge is -2.28. The van der Waals surface area contributed by atoms with Gasteiger partial charge in [-0.05, 0) is 30.0 Å². The first-order valence-electron chi connectivity index (χ1n) is 6.57. The Kier molecular flexibility index (Phi) is 3.82. The van der Waals surface area contributed by atoms with E-state index in [0.29, 0.717) is 24.5 Å². The standard InChI is InChI=1S/C15H21NO/c1-3-12(2)13-5-4-6-14(11-13)16-9-7-15(17)8-10-16/h4-6,11-12H,3,7-10H2,1-2H3. The second-order valence-corrected chi connectivity index (χ2v) is 4.93. The van der Waals surface area contributed by atoms with Gasteiger partial charge >= 0.3 is 0 Å². The summed E-state index contributed by atoms with van der Waals surface area (Å²) in [6, 6.07) is 8.77. The average Bonchev–Trinajstić information content (AvgIpc) is 2.39. The molecular formula is C15H21NO. The second-order valence-electron chi connectivity index (χ2n) is 4.93. The third-order valence-corrected chi connectivity index (χ3v) is 3.74. The Morgan fingerprint density at radius 2 is 2.00 bits per heavy atom. The third kappa shape index (κ3) is 2.87. The highest BCUT2D eigenvalue weighted by molar-refractivity contribution is 5.81. The predicted octanol–water partition coefficient (Wildman–Crippen LogP) is 3.37. The molecule has 0 saturated carbocycles. The Morgan fingerprint density at radius 1 is 1.29 bits per heavy atom. The van der Waals surface area contributed by atoms with E-state index in [4.69, 9.17) is 0 Å². The summed E-state index contributed by atoms with van der Waals surface area (Å²) in [7, 11) is 0. The van der Waals surface area contributed by atoms with Crippen molar-refractivity contribution < 1.29 is 4.79 Å². The molecule has 0 bridgehead atoms. The number of Topliss-reactive ketones (excluding diaryl/α,β-unsaturated/α-hetero) is 1. The van der Waals surface area contributed by atoms with Crippen molar-refractivity contribution in [1.82, 2.24) is 0 Å². The summed E-state index contributed by atoms with van der Waals surface area (Å²) in [5.41, 5.74) is 2.68. The molecule has 1 aliphatic rings. The predicted molar refractivity (Wildman–Crippen MR) is 71.6 cm³/mol. The van der Waals surface area contributed by atoms with Crippen molar-refractivity contribution >= 4 is 11.5 Å². The number of hydrogen-bond acceptors (Lipinski definition) is 2. The molecule has 92 valence electrons. The van der Waals surface area contributed by atoms with Crippen LogP contribution in [0, 0.1) is 0 Å². The molecule has 1 fully saturated rings. The molecule has 1 heterocycles. The topological polar surface area (TPSA) is 20.3 Å². The molecule has 0 aromatic heterocycles. The lowest BCUT2D eigenvalue weighted by Crippen LogP contribution is -2.33. The van der Waals surface area contributed by atoms with Crippen molar-refractivity contribution in [3.05, 3.63) is 29.8 Å². The number of rotatable bonds is 3. The summed E-state index contributed by atoms with van der Waals surface area (Å²) >= 11 is 0. The number of anilines is 1. The Balaban J connectivity index is 2.13. The van der Waals surface area contributed by atoms with Gasteiger partial charge < -0.3 is 4.90 Å². The molecule has 1 aromatic carbocycles. The quantitative estimate of drug-likeness (QED) is 0.795. The summed E-state index contributed by atoms with van der Waals surface area (Å²) in [5.74, 6) is 1.01. The maximum atomic E-state index is 11.2. The molecule has 0 amide bonds. The van der Waals surface area contributed by atoms with E-state index < -0.39 is 0 Å². The largest absolute Gasteiger partial charge is 0.371 e. The van der Waals surface area contributed by atoms with Crippen LogP contribution in [0.5, 0.6) is 0 Å². The third-order valence-electron chi connectivity index (χ3n) is 3.74. The minimum absolute atomic E-state index is 0.402.